The summed E-state index contributed by atoms with van der Waals surface area (Å²) in [6.07, 6.45) is 10.8. The predicted octanol–water partition coefficient (Wildman–Crippen LogP) is 3.19. The smallest absolute Gasteiger partial charge is 0.0434 e. The molecule has 0 spiro atoms. The molecule has 2 aliphatic rings. The molecule has 2 heteroatoms. The van der Waals surface area contributed by atoms with E-state index in [0.29, 0.717) is 18.1 Å². The van der Waals surface area contributed by atoms with Crippen LogP contribution in [-0.4, -0.2) is 34.7 Å². The van der Waals surface area contributed by atoms with Gasteiger partial charge in [-0.2, -0.15) is 0 Å². The number of likely N-dealkylation sites (tertiary alicyclic amines) is 1. The van der Waals surface area contributed by atoms with Crippen molar-refractivity contribution in [1.29, 1.82) is 0 Å². The molecule has 0 aromatic carbocycles. The molecule has 2 fully saturated rings. The molecular formula is C15H29NO. The van der Waals surface area contributed by atoms with Crippen molar-refractivity contribution in [2.24, 2.45) is 5.92 Å². The quantitative estimate of drug-likeness (QED) is 0.765. The first kappa shape index (κ1) is 13.4. The number of aliphatic hydroxyl groups is 1. The minimum Gasteiger partial charge on any atom is -0.396 e. The van der Waals surface area contributed by atoms with Crippen LogP contribution in [0.1, 0.15) is 65.2 Å². The molecule has 0 bridgehead atoms. The summed E-state index contributed by atoms with van der Waals surface area (Å²) in [5, 5.41) is 9.18. The molecule has 2 nitrogen and oxygen atoms in total. The molecule has 1 N–H and O–H groups in total. The van der Waals surface area contributed by atoms with Gasteiger partial charge in [-0.05, 0) is 52.0 Å². The highest BCUT2D eigenvalue weighted by molar-refractivity contribution is 4.98. The van der Waals surface area contributed by atoms with E-state index in [1.165, 1.54) is 51.5 Å². The van der Waals surface area contributed by atoms with Crippen LogP contribution in [0.5, 0.6) is 0 Å². The SMILES string of the molecule is CC1(C)C(CCO)CCN1C1CCCCCC1. The maximum atomic E-state index is 9.18. The number of rotatable bonds is 3. The molecule has 1 aliphatic heterocycles. The van der Waals surface area contributed by atoms with Gasteiger partial charge in [0.25, 0.3) is 0 Å². The summed E-state index contributed by atoms with van der Waals surface area (Å²) in [5.74, 6) is 0.691. The summed E-state index contributed by atoms with van der Waals surface area (Å²) in [4.78, 5) is 2.76. The molecule has 0 amide bonds. The van der Waals surface area contributed by atoms with Gasteiger partial charge in [0.15, 0.2) is 0 Å². The van der Waals surface area contributed by atoms with Gasteiger partial charge in [0.05, 0.1) is 0 Å². The highest BCUT2D eigenvalue weighted by atomic mass is 16.3. The van der Waals surface area contributed by atoms with E-state index in [-0.39, 0.29) is 0 Å². The second kappa shape index (κ2) is 5.71. The van der Waals surface area contributed by atoms with Crippen LogP contribution in [0.4, 0.5) is 0 Å². The lowest BCUT2D eigenvalue weighted by Crippen LogP contribution is -2.48. The van der Waals surface area contributed by atoms with Crippen LogP contribution in [0.15, 0.2) is 0 Å². The van der Waals surface area contributed by atoms with E-state index in [0.717, 1.165) is 12.5 Å². The standard InChI is InChI=1S/C15H29NO/c1-15(2)13(10-12-17)9-11-16(15)14-7-5-3-4-6-8-14/h13-14,17H,3-12H2,1-2H3. The topological polar surface area (TPSA) is 23.5 Å². The van der Waals surface area contributed by atoms with Crippen molar-refractivity contribution in [3.63, 3.8) is 0 Å². The molecule has 1 saturated carbocycles. The maximum absolute atomic E-state index is 9.18. The Labute approximate surface area is 106 Å². The molecule has 100 valence electrons. The number of hydrogen-bond acceptors (Lipinski definition) is 2. The molecule has 1 unspecified atom stereocenters. The summed E-state index contributed by atoms with van der Waals surface area (Å²) in [5.41, 5.74) is 0.303. The summed E-state index contributed by atoms with van der Waals surface area (Å²) in [7, 11) is 0. The monoisotopic (exact) mass is 239 g/mol. The van der Waals surface area contributed by atoms with Gasteiger partial charge in [0.2, 0.25) is 0 Å². The van der Waals surface area contributed by atoms with Crippen LogP contribution in [0.3, 0.4) is 0 Å². The van der Waals surface area contributed by atoms with Gasteiger partial charge in [-0.15, -0.1) is 0 Å². The summed E-state index contributed by atoms with van der Waals surface area (Å²) < 4.78 is 0. The van der Waals surface area contributed by atoms with Gasteiger partial charge in [0, 0.05) is 18.2 Å². The van der Waals surface area contributed by atoms with Gasteiger partial charge in [-0.3, -0.25) is 4.90 Å². The van der Waals surface area contributed by atoms with Crippen LogP contribution in [0.25, 0.3) is 0 Å². The van der Waals surface area contributed by atoms with E-state index >= 15 is 0 Å². The molecule has 1 heterocycles. The zero-order chi connectivity index (χ0) is 12.3. The van der Waals surface area contributed by atoms with Crippen molar-refractivity contribution >= 4 is 0 Å². The number of nitrogens with zero attached hydrogens (tertiary/aromatic N) is 1. The Bertz CT molecular complexity index is 231. The highest BCUT2D eigenvalue weighted by Crippen LogP contribution is 2.40. The molecule has 1 aliphatic carbocycles. The van der Waals surface area contributed by atoms with Crippen molar-refractivity contribution < 1.29 is 5.11 Å². The summed E-state index contributed by atoms with van der Waals surface area (Å²) in [6, 6.07) is 0.816. The van der Waals surface area contributed by atoms with Crippen molar-refractivity contribution in [2.45, 2.75) is 76.8 Å². The van der Waals surface area contributed by atoms with Crippen LogP contribution < -0.4 is 0 Å². The first-order valence-electron chi connectivity index (χ1n) is 7.54. The molecule has 0 aromatic rings. The molecule has 2 rings (SSSR count). The lowest BCUT2D eigenvalue weighted by molar-refractivity contribution is 0.0712. The maximum Gasteiger partial charge on any atom is 0.0434 e. The fourth-order valence-corrected chi connectivity index (χ4v) is 4.05. The Balaban J connectivity index is 2.00. The highest BCUT2D eigenvalue weighted by Gasteiger charge is 2.43. The van der Waals surface area contributed by atoms with Crippen molar-refractivity contribution in [1.82, 2.24) is 4.90 Å². The lowest BCUT2D eigenvalue weighted by Gasteiger charge is -2.41. The van der Waals surface area contributed by atoms with Crippen LogP contribution in [-0.2, 0) is 0 Å². The van der Waals surface area contributed by atoms with Gasteiger partial charge in [-0.25, -0.2) is 0 Å². The molecule has 0 aromatic heterocycles. The molecule has 1 atom stereocenters. The third kappa shape index (κ3) is 2.85. The first-order valence-corrected chi connectivity index (χ1v) is 7.54. The van der Waals surface area contributed by atoms with Crippen molar-refractivity contribution in [3.8, 4) is 0 Å². The number of hydrogen-bond donors (Lipinski definition) is 1. The Hall–Kier alpha value is -0.0800. The van der Waals surface area contributed by atoms with E-state index in [4.69, 9.17) is 0 Å². The van der Waals surface area contributed by atoms with Crippen molar-refractivity contribution in [2.75, 3.05) is 13.2 Å². The minimum absolute atomic E-state index is 0.303. The van der Waals surface area contributed by atoms with E-state index in [9.17, 15) is 5.11 Å². The van der Waals surface area contributed by atoms with Crippen molar-refractivity contribution in [3.05, 3.63) is 0 Å². The third-order valence-electron chi connectivity index (χ3n) is 5.20. The van der Waals surface area contributed by atoms with E-state index in [1.54, 1.807) is 0 Å². The zero-order valence-electron chi connectivity index (χ0n) is 11.6. The second-order valence-electron chi connectivity index (χ2n) is 6.49. The fourth-order valence-electron chi connectivity index (χ4n) is 4.05. The Kier molecular flexibility index (Phi) is 4.48. The van der Waals surface area contributed by atoms with E-state index < -0.39 is 0 Å². The zero-order valence-corrected chi connectivity index (χ0v) is 11.6. The Morgan fingerprint density at radius 2 is 1.71 bits per heavy atom. The minimum atomic E-state index is 0.303. The predicted molar refractivity (Wildman–Crippen MR) is 72.1 cm³/mol. The van der Waals surface area contributed by atoms with Crippen LogP contribution in [0, 0.1) is 5.92 Å². The normalized spacial score (nSPS) is 31.6. The van der Waals surface area contributed by atoms with E-state index in [1.807, 2.05) is 0 Å². The fraction of sp³-hybridized carbons (Fsp3) is 1.00. The van der Waals surface area contributed by atoms with E-state index in [2.05, 4.69) is 18.7 Å². The molecular weight excluding hydrogens is 210 g/mol. The Morgan fingerprint density at radius 3 is 2.29 bits per heavy atom. The van der Waals surface area contributed by atoms with Gasteiger partial charge >= 0.3 is 0 Å². The molecule has 0 radical (unpaired) electrons. The average Bonchev–Trinajstić information content (AvgIpc) is 2.51. The Morgan fingerprint density at radius 1 is 1.06 bits per heavy atom. The molecule has 17 heavy (non-hydrogen) atoms. The summed E-state index contributed by atoms with van der Waals surface area (Å²) in [6.45, 7) is 6.39. The molecule has 1 saturated heterocycles. The largest absolute Gasteiger partial charge is 0.396 e. The van der Waals surface area contributed by atoms with Gasteiger partial charge in [-0.1, -0.05) is 25.7 Å². The number of aliphatic hydroxyl groups excluding tert-OH is 1. The van der Waals surface area contributed by atoms with Crippen LogP contribution >= 0.6 is 0 Å². The average molecular weight is 239 g/mol. The summed E-state index contributed by atoms with van der Waals surface area (Å²) >= 11 is 0. The van der Waals surface area contributed by atoms with Gasteiger partial charge in [0.1, 0.15) is 0 Å². The first-order chi connectivity index (χ1) is 8.16. The third-order valence-corrected chi connectivity index (χ3v) is 5.20. The lowest BCUT2D eigenvalue weighted by atomic mass is 9.85. The second-order valence-corrected chi connectivity index (χ2v) is 6.49. The van der Waals surface area contributed by atoms with Crippen LogP contribution in [0.2, 0.25) is 0 Å². The van der Waals surface area contributed by atoms with Gasteiger partial charge < -0.3 is 5.11 Å².